The maximum Gasteiger partial charge on any atom is 0.297 e. The predicted octanol–water partition coefficient (Wildman–Crippen LogP) is 9.70. The molecule has 6 atom stereocenters. The van der Waals surface area contributed by atoms with Gasteiger partial charge in [0.05, 0.1) is 68.4 Å². The molecule has 1 aliphatic rings. The van der Waals surface area contributed by atoms with Crippen molar-refractivity contribution >= 4 is 33.6 Å². The van der Waals surface area contributed by atoms with E-state index in [4.69, 9.17) is 33.3 Å². The van der Waals surface area contributed by atoms with Crippen LogP contribution < -0.4 is 0 Å². The molecule has 1 fully saturated rings. The van der Waals surface area contributed by atoms with Crippen molar-refractivity contribution < 1.29 is 52.0 Å². The Balaban J connectivity index is 0.000000510. The lowest BCUT2D eigenvalue weighted by Crippen LogP contribution is -2.39. The molecule has 11 nitrogen and oxygen atoms in total. The molecule has 0 aliphatic carbocycles. The Kier molecular flexibility index (Phi) is 29.2. The van der Waals surface area contributed by atoms with Gasteiger partial charge in [0.25, 0.3) is 10.1 Å². The highest BCUT2D eigenvalue weighted by Crippen LogP contribution is 2.28. The zero-order valence-corrected chi connectivity index (χ0v) is 42.6. The minimum absolute atomic E-state index is 0. The lowest BCUT2D eigenvalue weighted by atomic mass is 9.89. The highest BCUT2D eigenvalue weighted by atomic mass is 32.2. The number of benzene rings is 3. The summed E-state index contributed by atoms with van der Waals surface area (Å²) in [4.78, 5) is 0.162. The smallest absolute Gasteiger partial charge is 0.297 e. The van der Waals surface area contributed by atoms with Crippen LogP contribution in [0.5, 0.6) is 0 Å². The van der Waals surface area contributed by atoms with Crippen molar-refractivity contribution in [1.29, 1.82) is 0 Å². The second-order valence-corrected chi connectivity index (χ2v) is 23.1. The van der Waals surface area contributed by atoms with E-state index in [1.165, 1.54) is 11.1 Å². The molecule has 1 saturated heterocycles. The molecule has 0 bridgehead atoms. The van der Waals surface area contributed by atoms with Gasteiger partial charge in [0.1, 0.15) is 0 Å². The van der Waals surface area contributed by atoms with Crippen molar-refractivity contribution in [2.24, 2.45) is 16.2 Å². The molecule has 4 N–H and O–H groups in total. The maximum absolute atomic E-state index is 12.4. The number of aliphatic hydroxyl groups is 4. The topological polar surface area (TPSA) is 161 Å². The Bertz CT molecular complexity index is 1740. The maximum atomic E-state index is 12.4. The normalized spacial score (nSPS) is 16.9. The molecule has 0 saturated carbocycles. The summed E-state index contributed by atoms with van der Waals surface area (Å²) < 4.78 is 53.3. The van der Waals surface area contributed by atoms with E-state index in [1.54, 1.807) is 47.8 Å². The van der Waals surface area contributed by atoms with Crippen LogP contribution in [0.1, 0.15) is 106 Å². The Hall–Kier alpha value is -2.05. The summed E-state index contributed by atoms with van der Waals surface area (Å²) in [7, 11) is -3.79. The van der Waals surface area contributed by atoms with Crippen molar-refractivity contribution in [3.8, 4) is 0 Å². The summed E-state index contributed by atoms with van der Waals surface area (Å²) in [6, 6.07) is 27.0. The molecule has 372 valence electrons. The van der Waals surface area contributed by atoms with Crippen LogP contribution in [0.4, 0.5) is 0 Å². The van der Waals surface area contributed by atoms with E-state index in [1.807, 2.05) is 106 Å². The van der Waals surface area contributed by atoms with E-state index in [9.17, 15) is 18.6 Å². The number of hydrogen-bond acceptors (Lipinski definition) is 13. The molecular weight excluding hydrogens is 885 g/mol. The zero-order valence-electron chi connectivity index (χ0n) is 40.1. The summed E-state index contributed by atoms with van der Waals surface area (Å²) in [6.45, 7) is 21.4. The quantitative estimate of drug-likeness (QED) is 0.0706. The van der Waals surface area contributed by atoms with Crippen molar-refractivity contribution in [1.82, 2.24) is 0 Å². The molecule has 14 heteroatoms. The number of rotatable bonds is 22. The molecule has 3 unspecified atom stereocenters. The summed E-state index contributed by atoms with van der Waals surface area (Å²) in [5.74, 6) is 3.16. The van der Waals surface area contributed by atoms with Gasteiger partial charge in [0.15, 0.2) is 6.29 Å². The molecule has 3 aromatic carbocycles. The minimum Gasteiger partial charge on any atom is -0.394 e. The van der Waals surface area contributed by atoms with E-state index in [0.29, 0.717) is 19.0 Å². The molecule has 4 rings (SSSR count). The Morgan fingerprint density at radius 1 is 0.692 bits per heavy atom. The lowest BCUT2D eigenvalue weighted by molar-refractivity contribution is -0.212. The second-order valence-electron chi connectivity index (χ2n) is 19.4. The first-order valence-corrected chi connectivity index (χ1v) is 26.0. The van der Waals surface area contributed by atoms with Crippen LogP contribution >= 0.6 is 23.5 Å². The summed E-state index contributed by atoms with van der Waals surface area (Å²) in [6.07, 6.45) is 0.514. The second kappa shape index (κ2) is 31.2. The van der Waals surface area contributed by atoms with Crippen LogP contribution in [0.3, 0.4) is 0 Å². The van der Waals surface area contributed by atoms with Gasteiger partial charge in [-0.3, -0.25) is 4.18 Å². The van der Waals surface area contributed by atoms with Gasteiger partial charge in [-0.05, 0) is 65.7 Å². The van der Waals surface area contributed by atoms with Crippen LogP contribution in [-0.4, -0.2) is 117 Å². The molecule has 0 aromatic heterocycles. The predicted molar refractivity (Wildman–Crippen MR) is 269 cm³/mol. The monoisotopic (exact) mass is 969 g/mol. The van der Waals surface area contributed by atoms with Crippen molar-refractivity contribution in [3.63, 3.8) is 0 Å². The third-order valence-corrected chi connectivity index (χ3v) is 13.8. The number of thioether (sulfide) groups is 2. The SMILES string of the molecule is C.CC(C)(C)[C@H](O)COCC(CSCc1ccccc1)OC[C@H](O)C(C)(C)C.Cc1ccc(S(=O)(=O)OC[C@@H](OC2CCCCO2)C(C)(C)C)cc1.OCC(O)CSCc1ccccc1. The average Bonchev–Trinajstić information content (AvgIpc) is 3.24. The molecule has 1 heterocycles. The van der Waals surface area contributed by atoms with Gasteiger partial charge in [-0.25, -0.2) is 0 Å². The lowest BCUT2D eigenvalue weighted by Gasteiger charge is -2.34. The molecule has 1 aliphatic heterocycles. The van der Waals surface area contributed by atoms with Gasteiger partial charge in [-0.1, -0.05) is 148 Å². The average molecular weight is 969 g/mol. The van der Waals surface area contributed by atoms with Gasteiger partial charge in [0.2, 0.25) is 0 Å². The molecule has 0 spiro atoms. The van der Waals surface area contributed by atoms with Gasteiger partial charge < -0.3 is 39.4 Å². The fourth-order valence-corrected chi connectivity index (χ4v) is 8.26. The summed E-state index contributed by atoms with van der Waals surface area (Å²) >= 11 is 3.42. The molecule has 65 heavy (non-hydrogen) atoms. The first kappa shape index (κ1) is 61.0. The number of ether oxygens (including phenoxy) is 4. The van der Waals surface area contributed by atoms with E-state index in [0.717, 1.165) is 42.1 Å². The summed E-state index contributed by atoms with van der Waals surface area (Å²) in [5, 5.41) is 38.0. The first-order valence-electron chi connectivity index (χ1n) is 22.3. The largest absolute Gasteiger partial charge is 0.394 e. The third-order valence-electron chi connectivity index (χ3n) is 10.2. The number of aliphatic hydroxyl groups excluding tert-OH is 4. The Morgan fingerprint density at radius 2 is 1.22 bits per heavy atom. The molecule has 0 radical (unpaired) electrons. The Morgan fingerprint density at radius 3 is 1.69 bits per heavy atom. The van der Waals surface area contributed by atoms with Crippen molar-refractivity contribution in [2.45, 2.75) is 149 Å². The van der Waals surface area contributed by atoms with Gasteiger partial charge in [0, 0.05) is 29.6 Å². The fourth-order valence-electron chi connectivity index (χ4n) is 5.42. The molecule has 0 amide bonds. The molecule has 3 aromatic rings. The minimum atomic E-state index is -3.79. The van der Waals surface area contributed by atoms with Gasteiger partial charge in [-0.15, -0.1) is 0 Å². The van der Waals surface area contributed by atoms with Crippen LogP contribution in [0.25, 0.3) is 0 Å². The number of aryl methyl sites for hydroxylation is 1. The van der Waals surface area contributed by atoms with Crippen LogP contribution in [0.2, 0.25) is 0 Å². The Labute approximate surface area is 401 Å². The van der Waals surface area contributed by atoms with Crippen LogP contribution in [-0.2, 0) is 44.8 Å². The van der Waals surface area contributed by atoms with Crippen molar-refractivity contribution in [3.05, 3.63) is 102 Å². The fraction of sp³-hybridized carbons (Fsp3) is 0.647. The first-order chi connectivity index (χ1) is 30.0. The summed E-state index contributed by atoms with van der Waals surface area (Å²) in [5.41, 5.74) is 2.84. The number of hydrogen-bond donors (Lipinski definition) is 4. The third kappa shape index (κ3) is 26.9. The molecular formula is C51H84O11S3. The van der Waals surface area contributed by atoms with Crippen LogP contribution in [0.15, 0.2) is 89.8 Å². The van der Waals surface area contributed by atoms with Gasteiger partial charge >= 0.3 is 0 Å². The van der Waals surface area contributed by atoms with E-state index in [2.05, 4.69) is 24.3 Å². The highest BCUT2D eigenvalue weighted by Gasteiger charge is 2.32. The van der Waals surface area contributed by atoms with E-state index in [-0.39, 0.29) is 73.5 Å². The van der Waals surface area contributed by atoms with Crippen LogP contribution in [0, 0.1) is 23.2 Å². The zero-order chi connectivity index (χ0) is 47.8. The van der Waals surface area contributed by atoms with Crippen molar-refractivity contribution in [2.75, 3.05) is 51.1 Å². The highest BCUT2D eigenvalue weighted by molar-refractivity contribution is 7.98. The van der Waals surface area contributed by atoms with E-state index < -0.39 is 28.4 Å². The van der Waals surface area contributed by atoms with E-state index >= 15 is 0 Å². The van der Waals surface area contributed by atoms with Gasteiger partial charge in [-0.2, -0.15) is 31.9 Å². The standard InChI is InChI=1S/C22H38O4S.C18H28O5S.C10H14O2S.CH4/c1-21(2,3)19(23)13-25-12-18(26-14-20(24)22(4,5)6)16-27-15-17-10-8-7-9-11-17;1-14-8-10-15(11-9-14)24(19,20)22-13-16(18(2,3)4)23-17-7-5-6-12-21-17;11-6-10(12)8-13-7-9-4-2-1-3-5-9;/h7-11,18-20,23-24H,12-16H2,1-6H3;8-11,16-17H,5-7,12-13H2,1-4H3;1-5,10-12H,6-8H2;1H4/t18?,19-,20+;16-,17?;;/m11../s1.